The molecule has 69 heavy (non-hydrogen) atoms. The van der Waals surface area contributed by atoms with Crippen LogP contribution in [0.5, 0.6) is 17.2 Å². The van der Waals surface area contributed by atoms with Crippen LogP contribution in [0, 0.1) is 11.7 Å². The van der Waals surface area contributed by atoms with E-state index in [1.165, 1.54) is 43.0 Å². The second kappa shape index (κ2) is 21.9. The minimum atomic E-state index is -2.14. The maximum Gasteiger partial charge on any atom is 0.347 e. The van der Waals surface area contributed by atoms with Gasteiger partial charge in [-0.15, -0.1) is 0 Å². The summed E-state index contributed by atoms with van der Waals surface area (Å²) < 4.78 is 32.7. The number of aliphatic hydroxyl groups is 2. The van der Waals surface area contributed by atoms with Gasteiger partial charge < -0.3 is 50.5 Å². The number of ether oxygens (including phenoxy) is 3. The molecule has 1 aliphatic carbocycles. The Kier molecular flexibility index (Phi) is 15.3. The van der Waals surface area contributed by atoms with Gasteiger partial charge >= 0.3 is 5.97 Å². The summed E-state index contributed by atoms with van der Waals surface area (Å²) in [5.74, 6) is -2.55. The average molecular weight is 942 g/mol. The Morgan fingerprint density at radius 1 is 0.870 bits per heavy atom. The van der Waals surface area contributed by atoms with Crippen LogP contribution in [0.2, 0.25) is 0 Å². The summed E-state index contributed by atoms with van der Waals surface area (Å²) in [5, 5.41) is 42.5. The monoisotopic (exact) mass is 941 g/mol. The van der Waals surface area contributed by atoms with Gasteiger partial charge in [-0.2, -0.15) is 0 Å². The highest BCUT2D eigenvalue weighted by molar-refractivity contribution is 5.95. The average Bonchev–Trinajstić information content (AvgIpc) is 3.35. The highest BCUT2D eigenvalue weighted by Crippen LogP contribution is 2.35. The highest BCUT2D eigenvalue weighted by Gasteiger charge is 2.42. The predicted octanol–water partition coefficient (Wildman–Crippen LogP) is 5.35. The number of aliphatic hydroxyl groups excluding tert-OH is 1. The molecule has 6 aromatic rings. The van der Waals surface area contributed by atoms with Crippen LogP contribution in [0.4, 0.5) is 4.39 Å². The number of phenolic OH excluding ortho intramolecular Hbond substituents is 1. The van der Waals surface area contributed by atoms with Crippen molar-refractivity contribution in [2.75, 3.05) is 40.0 Å². The lowest BCUT2D eigenvalue weighted by Crippen LogP contribution is -2.54. The maximum absolute atomic E-state index is 15.7. The minimum Gasteiger partial charge on any atom is -0.506 e. The van der Waals surface area contributed by atoms with Gasteiger partial charge in [0.15, 0.2) is 18.2 Å². The van der Waals surface area contributed by atoms with E-state index in [0.717, 1.165) is 32.5 Å². The summed E-state index contributed by atoms with van der Waals surface area (Å²) in [5.41, 5.74) is 0.143. The van der Waals surface area contributed by atoms with Crippen molar-refractivity contribution < 1.29 is 48.3 Å². The Labute approximate surface area is 398 Å². The van der Waals surface area contributed by atoms with E-state index in [4.69, 9.17) is 14.2 Å². The minimum absolute atomic E-state index is 0.0402. The van der Waals surface area contributed by atoms with E-state index in [2.05, 4.69) is 38.0 Å². The molecular formula is C53H56FN5O10. The second-order valence-electron chi connectivity index (χ2n) is 17.7. The van der Waals surface area contributed by atoms with Gasteiger partial charge in [0.1, 0.15) is 11.5 Å². The molecule has 1 aromatic heterocycles. The molecule has 1 saturated heterocycles. The fraction of sp³-hybridized carbons (Fsp3) is 0.321. The summed E-state index contributed by atoms with van der Waals surface area (Å²) in [4.78, 5) is 56.8. The number of benzene rings is 5. The molecule has 0 bridgehead atoms. The second-order valence-corrected chi connectivity index (χ2v) is 17.7. The Morgan fingerprint density at radius 2 is 1.58 bits per heavy atom. The quantitative estimate of drug-likeness (QED) is 0.0513. The van der Waals surface area contributed by atoms with E-state index in [-0.39, 0.29) is 78.2 Å². The Balaban J connectivity index is 0.793. The molecule has 0 spiro atoms. The number of hydrogen-bond donors (Lipinski definition) is 7. The molecule has 2 heterocycles. The van der Waals surface area contributed by atoms with Gasteiger partial charge in [-0.1, -0.05) is 84.9 Å². The lowest BCUT2D eigenvalue weighted by Gasteiger charge is -2.36. The molecule has 2 aliphatic rings. The van der Waals surface area contributed by atoms with E-state index in [1.54, 1.807) is 60.7 Å². The molecule has 8 rings (SSSR count). The number of halogens is 1. The van der Waals surface area contributed by atoms with Crippen LogP contribution in [0.1, 0.15) is 70.0 Å². The van der Waals surface area contributed by atoms with Gasteiger partial charge in [-0.3, -0.25) is 19.3 Å². The molecule has 360 valence electrons. The number of nitrogens with one attached hydrogen (secondary N) is 4. The van der Waals surface area contributed by atoms with Crippen LogP contribution in [0.25, 0.3) is 10.9 Å². The number of carbonyl (C=O) groups is 3. The van der Waals surface area contributed by atoms with Crippen LogP contribution >= 0.6 is 0 Å². The highest BCUT2D eigenvalue weighted by atomic mass is 19.1. The predicted molar refractivity (Wildman–Crippen MR) is 255 cm³/mol. The van der Waals surface area contributed by atoms with E-state index < -0.39 is 40.9 Å². The van der Waals surface area contributed by atoms with Crippen LogP contribution in [-0.2, 0) is 33.0 Å². The van der Waals surface area contributed by atoms with Crippen molar-refractivity contribution in [3.05, 3.63) is 171 Å². The van der Waals surface area contributed by atoms with E-state index in [1.807, 2.05) is 18.2 Å². The van der Waals surface area contributed by atoms with Crippen molar-refractivity contribution in [3.63, 3.8) is 0 Å². The number of amides is 2. The Bertz CT molecular complexity index is 2820. The summed E-state index contributed by atoms with van der Waals surface area (Å²) in [7, 11) is 1.29. The zero-order valence-corrected chi connectivity index (χ0v) is 38.2. The van der Waals surface area contributed by atoms with Gasteiger partial charge in [0.2, 0.25) is 11.2 Å². The van der Waals surface area contributed by atoms with Crippen molar-refractivity contribution in [2.24, 2.45) is 5.92 Å². The summed E-state index contributed by atoms with van der Waals surface area (Å²) >= 11 is 0. The fourth-order valence-corrected chi connectivity index (χ4v) is 9.01. The number of H-pyrrole nitrogens is 1. The van der Waals surface area contributed by atoms with Gasteiger partial charge in [0.25, 0.3) is 11.8 Å². The molecular weight excluding hydrogens is 886 g/mol. The lowest BCUT2D eigenvalue weighted by molar-refractivity contribution is -0.164. The summed E-state index contributed by atoms with van der Waals surface area (Å²) in [6, 6.07) is 33.3. The first-order valence-corrected chi connectivity index (χ1v) is 23.0. The molecule has 16 heteroatoms. The number of esters is 1. The molecule has 0 radical (unpaired) electrons. The van der Waals surface area contributed by atoms with Gasteiger partial charge in [-0.05, 0) is 91.7 Å². The number of pyridine rings is 1. The molecule has 1 saturated carbocycles. The molecule has 2 fully saturated rings. The number of aromatic hydroxyl groups is 1. The topological polar surface area (TPSA) is 212 Å². The number of likely N-dealkylation sites (tertiary alicyclic amines) is 1. The number of piperidine rings is 1. The van der Waals surface area contributed by atoms with Crippen molar-refractivity contribution >= 4 is 28.7 Å². The molecule has 1 aliphatic heterocycles. The van der Waals surface area contributed by atoms with E-state index >= 15 is 4.39 Å². The zero-order valence-electron chi connectivity index (χ0n) is 38.2. The van der Waals surface area contributed by atoms with Crippen molar-refractivity contribution in [1.29, 1.82) is 0 Å². The number of rotatable bonds is 19. The fourth-order valence-electron chi connectivity index (χ4n) is 9.01. The van der Waals surface area contributed by atoms with Crippen molar-refractivity contribution in [3.8, 4) is 17.2 Å². The van der Waals surface area contributed by atoms with Crippen LogP contribution in [0.3, 0.4) is 0 Å². The maximum atomic E-state index is 15.7. The molecule has 7 N–H and O–H groups in total. The van der Waals surface area contributed by atoms with Crippen LogP contribution in [0.15, 0.2) is 126 Å². The van der Waals surface area contributed by atoms with Gasteiger partial charge in [0, 0.05) is 54.3 Å². The Hall–Kier alpha value is -7.11. The number of phenols is 1. The van der Waals surface area contributed by atoms with Crippen molar-refractivity contribution in [2.45, 2.75) is 62.6 Å². The third-order valence-electron chi connectivity index (χ3n) is 12.9. The van der Waals surface area contributed by atoms with E-state index in [0.29, 0.717) is 34.9 Å². The van der Waals surface area contributed by atoms with Crippen LogP contribution in [-0.4, -0.2) is 95.0 Å². The normalized spacial score (nSPS) is 17.5. The molecule has 2 amide bonds. The first-order valence-electron chi connectivity index (χ1n) is 23.0. The zero-order chi connectivity index (χ0) is 48.5. The SMILES string of the molecule is COc1c(CNC[C@H](O)c2ccc(O)c3[nH]c(=O)ccc23)ccc(C(=O)NC2CC(NC(=O)COc3cccc([C@](O)(C(=O)OCC4CCN(Cc5ccccc5)CC4)c4ccccc4)c3)C2)c1F. The van der Waals surface area contributed by atoms with Gasteiger partial charge in [-0.25, -0.2) is 9.18 Å². The number of methoxy groups -OCH3 is 1. The third kappa shape index (κ3) is 11.4. The largest absolute Gasteiger partial charge is 0.506 e. The molecule has 0 unspecified atom stereocenters. The number of fused-ring (bicyclic) bond motifs is 1. The third-order valence-corrected chi connectivity index (χ3v) is 12.9. The standard InChI is InChI=1S/C53H56FN5O10/c1-67-50-35(28-55-29-45(61)41-17-19-44(60)49-42(41)18-20-46(62)58-49)15-16-43(48(50)54)51(64)57-39-26-38(27-39)56-47(63)32-68-40-14-8-13-37(25-40)53(66,36-11-6-3-7-12-36)52(65)69-31-34-21-23-59(24-22-34)30-33-9-4-2-5-10-33/h2-20,25,34,38-39,45,55,60-61,66H,21-24,26-32H2,1H3,(H,56,63)(H,57,64)(H,58,62)/t38?,39?,45-,53-/m0/s1. The molecule has 2 atom stereocenters. The van der Waals surface area contributed by atoms with Crippen molar-refractivity contribution in [1.82, 2.24) is 25.8 Å². The molecule has 15 nitrogen and oxygen atoms in total. The smallest absolute Gasteiger partial charge is 0.347 e. The Morgan fingerprint density at radius 3 is 2.32 bits per heavy atom. The first-order chi connectivity index (χ1) is 33.4. The van der Waals surface area contributed by atoms with E-state index in [9.17, 15) is 34.5 Å². The number of hydrogen-bond acceptors (Lipinski definition) is 12. The number of aromatic nitrogens is 1. The van der Waals surface area contributed by atoms with Crippen LogP contribution < -0.4 is 31.0 Å². The number of carbonyl (C=O) groups excluding carboxylic acids is 3. The number of nitrogens with zero attached hydrogens (tertiary/aromatic N) is 1. The summed E-state index contributed by atoms with van der Waals surface area (Å²) in [6.07, 6.45) is 1.49. The lowest BCUT2D eigenvalue weighted by atomic mass is 9.86. The van der Waals surface area contributed by atoms with Gasteiger partial charge in [0.05, 0.1) is 30.9 Å². The summed E-state index contributed by atoms with van der Waals surface area (Å²) in [6.45, 7) is 2.58. The molecule has 5 aromatic carbocycles. The number of aromatic amines is 1. The first kappa shape index (κ1) is 48.4.